The van der Waals surface area contributed by atoms with E-state index < -0.39 is 0 Å². The van der Waals surface area contributed by atoms with E-state index >= 15 is 0 Å². The minimum absolute atomic E-state index is 1.19. The summed E-state index contributed by atoms with van der Waals surface area (Å²) in [5, 5.41) is 0. The van der Waals surface area contributed by atoms with Crippen molar-refractivity contribution < 1.29 is 0 Å². The van der Waals surface area contributed by atoms with Gasteiger partial charge in [-0.25, -0.2) is 0 Å². The average Bonchev–Trinajstić information content (AvgIpc) is 2.70. The maximum Gasteiger partial charge on any atom is -0.00516 e. The van der Waals surface area contributed by atoms with Crippen LogP contribution in [0.2, 0.25) is 0 Å². The van der Waals surface area contributed by atoms with Gasteiger partial charge in [-0.1, -0.05) is 55.8 Å². The molecule has 1 aromatic rings. The van der Waals surface area contributed by atoms with Gasteiger partial charge in [-0.15, -0.1) is 0 Å². The zero-order chi connectivity index (χ0) is 10.7. The zero-order valence-electron chi connectivity index (χ0n) is 9.59. The molecule has 0 saturated carbocycles. The summed E-state index contributed by atoms with van der Waals surface area (Å²) < 4.78 is 0. The van der Waals surface area contributed by atoms with E-state index in [-0.39, 0.29) is 0 Å². The number of allylic oxidation sites excluding steroid dienone is 4. The van der Waals surface area contributed by atoms with Gasteiger partial charge in [0.1, 0.15) is 0 Å². The van der Waals surface area contributed by atoms with Crippen molar-refractivity contribution in [3.63, 3.8) is 0 Å². The smallest absolute Gasteiger partial charge is 0.00516 e. The molecule has 2 aliphatic carbocycles. The normalized spacial score (nSPS) is 16.7. The van der Waals surface area contributed by atoms with Crippen molar-refractivity contribution in [2.75, 3.05) is 0 Å². The number of hydrogen-bond donors (Lipinski definition) is 0. The van der Waals surface area contributed by atoms with E-state index in [0.29, 0.717) is 0 Å². The predicted molar refractivity (Wildman–Crippen MR) is 66.8 cm³/mol. The van der Waals surface area contributed by atoms with Crippen molar-refractivity contribution in [3.05, 3.63) is 53.1 Å². The summed E-state index contributed by atoms with van der Waals surface area (Å²) in [5.74, 6) is 0. The maximum atomic E-state index is 2.30. The highest BCUT2D eigenvalue weighted by Crippen LogP contribution is 2.37. The molecule has 2 aliphatic rings. The van der Waals surface area contributed by atoms with Crippen molar-refractivity contribution >= 4 is 5.57 Å². The van der Waals surface area contributed by atoms with Gasteiger partial charge in [-0.05, 0) is 36.0 Å². The lowest BCUT2D eigenvalue weighted by molar-refractivity contribution is 0.935. The predicted octanol–water partition coefficient (Wildman–Crippen LogP) is 4.37. The molecular formula is C15H18. The van der Waals surface area contributed by atoms with Crippen LogP contribution in [0.15, 0.2) is 42.0 Å². The standard InChI is InChI=1S/C13H12.C2H6/c1-3-7-12-10(5-1)9-11-6-2-4-8-13(11)12;1-2/h1,3-5,7-8H,2,6,9H2;1-2H3. The lowest BCUT2D eigenvalue weighted by Gasteiger charge is -2.07. The van der Waals surface area contributed by atoms with Crippen LogP contribution >= 0.6 is 0 Å². The SMILES string of the molecule is C1=CC2=C(CC1)Cc1ccccc12.CC. The molecule has 0 unspecified atom stereocenters. The first-order valence-corrected chi connectivity index (χ1v) is 5.92. The quantitative estimate of drug-likeness (QED) is 0.580. The first-order chi connectivity index (χ1) is 7.45. The van der Waals surface area contributed by atoms with Gasteiger partial charge in [0.15, 0.2) is 0 Å². The second kappa shape index (κ2) is 4.48. The molecule has 0 radical (unpaired) electrons. The van der Waals surface area contributed by atoms with Gasteiger partial charge < -0.3 is 0 Å². The Balaban J connectivity index is 0.000000404. The van der Waals surface area contributed by atoms with Gasteiger partial charge >= 0.3 is 0 Å². The summed E-state index contributed by atoms with van der Waals surface area (Å²) in [7, 11) is 0. The minimum atomic E-state index is 1.19. The van der Waals surface area contributed by atoms with Crippen LogP contribution in [0.3, 0.4) is 0 Å². The Labute approximate surface area is 92.3 Å². The van der Waals surface area contributed by atoms with Crippen molar-refractivity contribution in [1.29, 1.82) is 0 Å². The molecule has 3 rings (SSSR count). The topological polar surface area (TPSA) is 0 Å². The molecule has 0 nitrogen and oxygen atoms in total. The Morgan fingerprint density at radius 1 is 1.07 bits per heavy atom. The highest BCUT2D eigenvalue weighted by Gasteiger charge is 2.19. The highest BCUT2D eigenvalue weighted by atomic mass is 14.2. The summed E-state index contributed by atoms with van der Waals surface area (Å²) in [5.41, 5.74) is 6.12. The monoisotopic (exact) mass is 198 g/mol. The summed E-state index contributed by atoms with van der Waals surface area (Å²) in [6, 6.07) is 8.77. The van der Waals surface area contributed by atoms with Crippen LogP contribution < -0.4 is 0 Å². The summed E-state index contributed by atoms with van der Waals surface area (Å²) in [6.07, 6.45) is 8.27. The highest BCUT2D eigenvalue weighted by molar-refractivity contribution is 5.83. The van der Waals surface area contributed by atoms with E-state index in [0.717, 1.165) is 0 Å². The van der Waals surface area contributed by atoms with Crippen molar-refractivity contribution in [2.24, 2.45) is 0 Å². The van der Waals surface area contributed by atoms with Crippen LogP contribution in [0.1, 0.15) is 37.8 Å². The first-order valence-electron chi connectivity index (χ1n) is 5.92. The lowest BCUT2D eigenvalue weighted by atomic mass is 9.98. The van der Waals surface area contributed by atoms with Gasteiger partial charge in [0.05, 0.1) is 0 Å². The second-order valence-corrected chi connectivity index (χ2v) is 3.79. The van der Waals surface area contributed by atoms with Crippen LogP contribution in [0.5, 0.6) is 0 Å². The minimum Gasteiger partial charge on any atom is -0.0836 e. The summed E-state index contributed by atoms with van der Waals surface area (Å²) in [4.78, 5) is 0. The average molecular weight is 198 g/mol. The van der Waals surface area contributed by atoms with E-state index in [4.69, 9.17) is 0 Å². The summed E-state index contributed by atoms with van der Waals surface area (Å²) >= 11 is 0. The third-order valence-corrected chi connectivity index (χ3v) is 2.99. The third kappa shape index (κ3) is 1.77. The molecule has 0 aromatic heterocycles. The van der Waals surface area contributed by atoms with E-state index in [1.54, 1.807) is 5.57 Å². The Morgan fingerprint density at radius 3 is 2.73 bits per heavy atom. The van der Waals surface area contributed by atoms with Crippen molar-refractivity contribution in [1.82, 2.24) is 0 Å². The van der Waals surface area contributed by atoms with Crippen LogP contribution in [0.4, 0.5) is 0 Å². The fraction of sp³-hybridized carbons (Fsp3) is 0.333. The fourth-order valence-corrected chi connectivity index (χ4v) is 2.34. The molecule has 0 aliphatic heterocycles. The van der Waals surface area contributed by atoms with Gasteiger partial charge in [0.25, 0.3) is 0 Å². The molecule has 78 valence electrons. The lowest BCUT2D eigenvalue weighted by Crippen LogP contribution is -1.87. The Hall–Kier alpha value is -1.30. The van der Waals surface area contributed by atoms with E-state index in [9.17, 15) is 0 Å². The zero-order valence-corrected chi connectivity index (χ0v) is 9.59. The first kappa shape index (κ1) is 10.2. The molecule has 0 heterocycles. The van der Waals surface area contributed by atoms with Gasteiger partial charge in [0, 0.05) is 0 Å². The maximum absolute atomic E-state index is 2.30. The molecular weight excluding hydrogens is 180 g/mol. The molecule has 0 atom stereocenters. The van der Waals surface area contributed by atoms with Gasteiger partial charge in [0.2, 0.25) is 0 Å². The van der Waals surface area contributed by atoms with Crippen molar-refractivity contribution in [3.8, 4) is 0 Å². The Kier molecular flexibility index (Phi) is 3.05. The Morgan fingerprint density at radius 2 is 1.87 bits per heavy atom. The van der Waals surface area contributed by atoms with Crippen LogP contribution in [-0.2, 0) is 6.42 Å². The number of fused-ring (bicyclic) bond motifs is 2. The van der Waals surface area contributed by atoms with Crippen molar-refractivity contribution in [2.45, 2.75) is 33.1 Å². The molecule has 0 bridgehead atoms. The molecule has 1 aromatic carbocycles. The fourth-order valence-electron chi connectivity index (χ4n) is 2.34. The van der Waals surface area contributed by atoms with E-state index in [1.807, 2.05) is 13.8 Å². The van der Waals surface area contributed by atoms with Crippen LogP contribution in [0, 0.1) is 0 Å². The second-order valence-electron chi connectivity index (χ2n) is 3.79. The number of hydrogen-bond acceptors (Lipinski definition) is 0. The molecule has 0 spiro atoms. The largest absolute Gasteiger partial charge is 0.0836 e. The number of benzene rings is 1. The number of rotatable bonds is 0. The Bertz CT molecular complexity index is 408. The molecule has 0 fully saturated rings. The van der Waals surface area contributed by atoms with Crippen LogP contribution in [0.25, 0.3) is 5.57 Å². The molecule has 0 N–H and O–H groups in total. The third-order valence-electron chi connectivity index (χ3n) is 2.99. The van der Waals surface area contributed by atoms with Crippen LogP contribution in [-0.4, -0.2) is 0 Å². The molecule has 0 heteroatoms. The summed E-state index contributed by atoms with van der Waals surface area (Å²) in [6.45, 7) is 4.00. The van der Waals surface area contributed by atoms with E-state index in [1.165, 1.54) is 36.0 Å². The molecule has 0 amide bonds. The molecule has 15 heavy (non-hydrogen) atoms. The van der Waals surface area contributed by atoms with Gasteiger partial charge in [-0.3, -0.25) is 0 Å². The van der Waals surface area contributed by atoms with Gasteiger partial charge in [-0.2, -0.15) is 0 Å². The molecule has 0 saturated heterocycles. The van der Waals surface area contributed by atoms with E-state index in [2.05, 4.69) is 36.4 Å².